The third-order valence-corrected chi connectivity index (χ3v) is 2.89. The number of carbonyl (C=O) groups is 1. The van der Waals surface area contributed by atoms with Gasteiger partial charge in [-0.25, -0.2) is 0 Å². The summed E-state index contributed by atoms with van der Waals surface area (Å²) in [6.07, 6.45) is 2.15. The number of anilines is 1. The molecule has 0 radical (unpaired) electrons. The molecule has 0 atom stereocenters. The van der Waals surface area contributed by atoms with Gasteiger partial charge in [0, 0.05) is 11.7 Å². The van der Waals surface area contributed by atoms with E-state index in [1.807, 2.05) is 18.2 Å². The Labute approximate surface area is 95.2 Å². The Morgan fingerprint density at radius 3 is 2.69 bits per heavy atom. The molecule has 1 aliphatic heterocycles. The van der Waals surface area contributed by atoms with Crippen LogP contribution in [0.15, 0.2) is 24.3 Å². The standard InChI is InChI=1S/C12H17N3O/c13-12(16)10-3-1-2-4-11(10)15-9-5-7-14-8-6-9/h1-4,9,14-15H,5-8H2,(H2,13,16). The van der Waals surface area contributed by atoms with Gasteiger partial charge in [-0.05, 0) is 38.1 Å². The second-order valence-electron chi connectivity index (χ2n) is 4.08. The fourth-order valence-corrected chi connectivity index (χ4v) is 2.01. The second-order valence-corrected chi connectivity index (χ2v) is 4.08. The first-order chi connectivity index (χ1) is 7.77. The molecule has 2 rings (SSSR count). The van der Waals surface area contributed by atoms with Gasteiger partial charge in [-0.2, -0.15) is 0 Å². The van der Waals surface area contributed by atoms with Crippen molar-refractivity contribution >= 4 is 11.6 Å². The molecule has 0 saturated carbocycles. The average molecular weight is 219 g/mol. The maximum absolute atomic E-state index is 11.2. The lowest BCUT2D eigenvalue weighted by molar-refractivity contribution is 0.100. The first kappa shape index (κ1) is 11.0. The molecule has 1 amide bonds. The number of nitrogens with one attached hydrogen (secondary N) is 2. The van der Waals surface area contributed by atoms with Crippen molar-refractivity contribution in [3.8, 4) is 0 Å². The topological polar surface area (TPSA) is 67.2 Å². The van der Waals surface area contributed by atoms with Crippen LogP contribution >= 0.6 is 0 Å². The van der Waals surface area contributed by atoms with Crippen LogP contribution in [0.3, 0.4) is 0 Å². The summed E-state index contributed by atoms with van der Waals surface area (Å²) in [7, 11) is 0. The average Bonchev–Trinajstić information content (AvgIpc) is 2.31. The van der Waals surface area contributed by atoms with Crippen molar-refractivity contribution in [2.24, 2.45) is 5.73 Å². The molecule has 1 aromatic rings. The zero-order valence-electron chi connectivity index (χ0n) is 9.20. The number of piperidine rings is 1. The van der Waals surface area contributed by atoms with Crippen LogP contribution in [0.2, 0.25) is 0 Å². The Morgan fingerprint density at radius 1 is 1.31 bits per heavy atom. The van der Waals surface area contributed by atoms with Crippen molar-refractivity contribution in [2.75, 3.05) is 18.4 Å². The minimum absolute atomic E-state index is 0.378. The Balaban J connectivity index is 2.10. The lowest BCUT2D eigenvalue weighted by Gasteiger charge is -2.25. The van der Waals surface area contributed by atoms with E-state index >= 15 is 0 Å². The number of para-hydroxylation sites is 1. The predicted molar refractivity (Wildman–Crippen MR) is 64.5 cm³/mol. The molecule has 4 nitrogen and oxygen atoms in total. The molecule has 1 aliphatic rings. The van der Waals surface area contributed by atoms with Crippen molar-refractivity contribution in [3.63, 3.8) is 0 Å². The Bertz CT molecular complexity index is 372. The van der Waals surface area contributed by atoms with Gasteiger partial charge in [0.15, 0.2) is 0 Å². The van der Waals surface area contributed by atoms with E-state index in [4.69, 9.17) is 5.73 Å². The highest BCUT2D eigenvalue weighted by atomic mass is 16.1. The Morgan fingerprint density at radius 2 is 2.00 bits per heavy atom. The number of rotatable bonds is 3. The summed E-state index contributed by atoms with van der Waals surface area (Å²) in [6, 6.07) is 7.83. The quantitative estimate of drug-likeness (QED) is 0.709. The number of nitrogens with two attached hydrogens (primary N) is 1. The van der Waals surface area contributed by atoms with E-state index in [1.165, 1.54) is 0 Å². The van der Waals surface area contributed by atoms with Gasteiger partial charge in [-0.3, -0.25) is 4.79 Å². The van der Waals surface area contributed by atoms with Crippen LogP contribution in [0.25, 0.3) is 0 Å². The lowest BCUT2D eigenvalue weighted by Crippen LogP contribution is -2.35. The predicted octanol–water partition coefficient (Wildman–Crippen LogP) is 0.949. The van der Waals surface area contributed by atoms with Crippen LogP contribution in [0.5, 0.6) is 0 Å². The van der Waals surface area contributed by atoms with E-state index in [2.05, 4.69) is 10.6 Å². The SMILES string of the molecule is NC(=O)c1ccccc1NC1CCNCC1. The van der Waals surface area contributed by atoms with Crippen LogP contribution in [-0.4, -0.2) is 25.0 Å². The summed E-state index contributed by atoms with van der Waals surface area (Å²) in [6.45, 7) is 2.05. The fraction of sp³-hybridized carbons (Fsp3) is 0.417. The molecule has 0 unspecified atom stereocenters. The van der Waals surface area contributed by atoms with Crippen molar-refractivity contribution in [1.29, 1.82) is 0 Å². The minimum atomic E-state index is -0.378. The van der Waals surface area contributed by atoms with Gasteiger partial charge in [0.2, 0.25) is 0 Å². The van der Waals surface area contributed by atoms with Crippen molar-refractivity contribution < 1.29 is 4.79 Å². The summed E-state index contributed by atoms with van der Waals surface area (Å²) < 4.78 is 0. The van der Waals surface area contributed by atoms with Crippen molar-refractivity contribution in [3.05, 3.63) is 29.8 Å². The smallest absolute Gasteiger partial charge is 0.250 e. The summed E-state index contributed by atoms with van der Waals surface area (Å²) in [5, 5.41) is 6.70. The molecule has 0 spiro atoms. The van der Waals surface area contributed by atoms with E-state index in [1.54, 1.807) is 6.07 Å². The molecule has 1 heterocycles. The zero-order chi connectivity index (χ0) is 11.4. The maximum Gasteiger partial charge on any atom is 0.250 e. The van der Waals surface area contributed by atoms with Crippen LogP contribution in [0.4, 0.5) is 5.69 Å². The number of benzene rings is 1. The first-order valence-electron chi connectivity index (χ1n) is 5.63. The maximum atomic E-state index is 11.2. The third-order valence-electron chi connectivity index (χ3n) is 2.89. The van der Waals surface area contributed by atoms with Crippen molar-refractivity contribution in [2.45, 2.75) is 18.9 Å². The van der Waals surface area contributed by atoms with Crippen LogP contribution in [0, 0.1) is 0 Å². The molecule has 1 aromatic carbocycles. The van der Waals surface area contributed by atoms with Gasteiger partial charge in [0.05, 0.1) is 5.56 Å². The number of carbonyl (C=O) groups excluding carboxylic acids is 1. The van der Waals surface area contributed by atoms with Crippen LogP contribution in [-0.2, 0) is 0 Å². The number of hydrogen-bond donors (Lipinski definition) is 3. The minimum Gasteiger partial charge on any atom is -0.382 e. The van der Waals surface area contributed by atoms with Crippen molar-refractivity contribution in [1.82, 2.24) is 5.32 Å². The molecule has 1 fully saturated rings. The fourth-order valence-electron chi connectivity index (χ4n) is 2.01. The van der Waals surface area contributed by atoms with Gasteiger partial charge in [0.1, 0.15) is 0 Å². The highest BCUT2D eigenvalue weighted by Gasteiger charge is 2.15. The largest absolute Gasteiger partial charge is 0.382 e. The lowest BCUT2D eigenvalue weighted by atomic mass is 10.1. The second kappa shape index (κ2) is 4.99. The zero-order valence-corrected chi connectivity index (χ0v) is 9.20. The van der Waals surface area contributed by atoms with E-state index in [-0.39, 0.29) is 5.91 Å². The molecule has 0 aliphatic carbocycles. The van der Waals surface area contributed by atoms with Gasteiger partial charge in [0.25, 0.3) is 5.91 Å². The molecule has 4 heteroatoms. The summed E-state index contributed by atoms with van der Waals surface area (Å²) in [5.74, 6) is -0.378. The van der Waals surface area contributed by atoms with Gasteiger partial charge in [-0.15, -0.1) is 0 Å². The van der Waals surface area contributed by atoms with Crippen LogP contribution < -0.4 is 16.4 Å². The van der Waals surface area contributed by atoms with Gasteiger partial charge >= 0.3 is 0 Å². The Hall–Kier alpha value is -1.55. The summed E-state index contributed by atoms with van der Waals surface area (Å²) in [4.78, 5) is 11.2. The molecular weight excluding hydrogens is 202 g/mol. The van der Waals surface area contributed by atoms with E-state index < -0.39 is 0 Å². The Kier molecular flexibility index (Phi) is 3.41. The van der Waals surface area contributed by atoms with E-state index in [9.17, 15) is 4.79 Å². The number of amides is 1. The molecule has 4 N–H and O–H groups in total. The highest BCUT2D eigenvalue weighted by Crippen LogP contribution is 2.18. The number of primary amides is 1. The van der Waals surface area contributed by atoms with E-state index in [0.717, 1.165) is 31.6 Å². The molecule has 0 bridgehead atoms. The number of hydrogen-bond acceptors (Lipinski definition) is 3. The van der Waals surface area contributed by atoms with Gasteiger partial charge < -0.3 is 16.4 Å². The first-order valence-corrected chi connectivity index (χ1v) is 5.63. The monoisotopic (exact) mass is 219 g/mol. The van der Waals surface area contributed by atoms with Crippen LogP contribution in [0.1, 0.15) is 23.2 Å². The van der Waals surface area contributed by atoms with Gasteiger partial charge in [-0.1, -0.05) is 12.1 Å². The normalized spacial score (nSPS) is 17.0. The molecule has 0 aromatic heterocycles. The molecule has 86 valence electrons. The third kappa shape index (κ3) is 2.52. The molecular formula is C12H17N3O. The molecule has 16 heavy (non-hydrogen) atoms. The summed E-state index contributed by atoms with van der Waals surface area (Å²) in [5.41, 5.74) is 6.75. The van der Waals surface area contributed by atoms with E-state index in [0.29, 0.717) is 11.6 Å². The molecule has 1 saturated heterocycles. The highest BCUT2D eigenvalue weighted by molar-refractivity contribution is 5.98. The summed E-state index contributed by atoms with van der Waals surface area (Å²) >= 11 is 0.